The van der Waals surface area contributed by atoms with Crippen molar-refractivity contribution in [3.05, 3.63) is 0 Å². The topological polar surface area (TPSA) is 44.5 Å². The van der Waals surface area contributed by atoms with Crippen molar-refractivity contribution in [1.29, 1.82) is 0 Å². The van der Waals surface area contributed by atoms with Gasteiger partial charge in [0.1, 0.15) is 0 Å². The van der Waals surface area contributed by atoms with Gasteiger partial charge in [-0.3, -0.25) is 0 Å². The van der Waals surface area contributed by atoms with Crippen molar-refractivity contribution in [2.24, 2.45) is 11.1 Å². The fourth-order valence-electron chi connectivity index (χ4n) is 3.62. The van der Waals surface area contributed by atoms with E-state index < -0.39 is 0 Å². The second kappa shape index (κ2) is 3.28. The minimum absolute atomic E-state index is 0.0416. The summed E-state index contributed by atoms with van der Waals surface area (Å²) in [5.74, 6) is 0.521. The van der Waals surface area contributed by atoms with Crippen molar-refractivity contribution >= 4 is 7.12 Å². The smallest absolute Gasteiger partial charge is 0.403 e. The largest absolute Gasteiger partial charge is 0.461 e. The Hall–Kier alpha value is -0.0551. The van der Waals surface area contributed by atoms with Crippen LogP contribution in [0.15, 0.2) is 0 Å². The summed E-state index contributed by atoms with van der Waals surface area (Å²) in [7, 11) is -0.0416. The Morgan fingerprint density at radius 2 is 1.59 bits per heavy atom. The second-order valence-electron chi connectivity index (χ2n) is 7.16. The van der Waals surface area contributed by atoms with E-state index in [1.807, 2.05) is 0 Å². The second-order valence-corrected chi connectivity index (χ2v) is 7.16. The summed E-state index contributed by atoms with van der Waals surface area (Å²) in [6, 6.07) is 0.375. The van der Waals surface area contributed by atoms with Crippen LogP contribution in [0.3, 0.4) is 0 Å². The zero-order valence-electron chi connectivity index (χ0n) is 11.5. The van der Waals surface area contributed by atoms with Gasteiger partial charge in [-0.25, -0.2) is 0 Å². The molecular formula is C13H24BNO2. The maximum Gasteiger partial charge on any atom is 0.461 e. The summed E-state index contributed by atoms with van der Waals surface area (Å²) >= 11 is 0. The summed E-state index contributed by atoms with van der Waals surface area (Å²) in [5, 5.41) is 0. The molecule has 2 N–H and O–H groups in total. The summed E-state index contributed by atoms with van der Waals surface area (Å²) < 4.78 is 12.3. The molecule has 1 saturated heterocycles. The van der Waals surface area contributed by atoms with Gasteiger partial charge >= 0.3 is 7.12 Å². The highest BCUT2D eigenvalue weighted by Gasteiger charge is 2.65. The Bertz CT molecular complexity index is 322. The van der Waals surface area contributed by atoms with Crippen LogP contribution in [0, 0.1) is 5.41 Å². The normalized spacial score (nSPS) is 41.1. The van der Waals surface area contributed by atoms with Crippen molar-refractivity contribution in [1.82, 2.24) is 0 Å². The molecule has 3 fully saturated rings. The average Bonchev–Trinajstić information content (AvgIpc) is 2.28. The SMILES string of the molecule is CC1(C)OB(C2CC(N)C23CCC3)OC1(C)C. The predicted octanol–water partition coefficient (Wildman–Crippen LogP) is 2.35. The lowest BCUT2D eigenvalue weighted by atomic mass is 9.37. The molecule has 2 aliphatic carbocycles. The van der Waals surface area contributed by atoms with Gasteiger partial charge in [0.2, 0.25) is 0 Å². The van der Waals surface area contributed by atoms with Gasteiger partial charge in [0.15, 0.2) is 0 Å². The maximum absolute atomic E-state index is 6.20. The van der Waals surface area contributed by atoms with Gasteiger partial charge in [-0.05, 0) is 52.4 Å². The third-order valence-corrected chi connectivity index (χ3v) is 5.87. The fraction of sp³-hybridized carbons (Fsp3) is 1.00. The Kier molecular flexibility index (Phi) is 2.32. The van der Waals surface area contributed by atoms with Crippen LogP contribution in [0.25, 0.3) is 0 Å². The highest BCUT2D eigenvalue weighted by Crippen LogP contribution is 2.65. The Morgan fingerprint density at radius 3 is 1.94 bits per heavy atom. The number of hydrogen-bond donors (Lipinski definition) is 1. The van der Waals surface area contributed by atoms with Crippen molar-refractivity contribution < 1.29 is 9.31 Å². The standard InChI is InChI=1S/C13H24BNO2/c1-11(2)12(3,4)17-14(16-11)9-8-10(15)13(9)6-5-7-13/h9-10H,5-8,15H2,1-4H3. The van der Waals surface area contributed by atoms with Gasteiger partial charge in [0.25, 0.3) is 0 Å². The van der Waals surface area contributed by atoms with Crippen LogP contribution in [0.5, 0.6) is 0 Å². The summed E-state index contributed by atoms with van der Waals surface area (Å²) in [6.07, 6.45) is 4.92. The molecule has 1 spiro atoms. The Morgan fingerprint density at radius 1 is 1.06 bits per heavy atom. The van der Waals surface area contributed by atoms with E-state index in [9.17, 15) is 0 Å². The van der Waals surface area contributed by atoms with Crippen molar-refractivity contribution in [3.63, 3.8) is 0 Å². The first-order valence-electron chi connectivity index (χ1n) is 6.90. The van der Waals surface area contributed by atoms with Gasteiger partial charge in [-0.1, -0.05) is 6.42 Å². The van der Waals surface area contributed by atoms with E-state index in [0.29, 0.717) is 17.3 Å². The molecule has 0 aromatic rings. The minimum atomic E-state index is -0.206. The van der Waals surface area contributed by atoms with E-state index in [1.54, 1.807) is 0 Å². The van der Waals surface area contributed by atoms with E-state index >= 15 is 0 Å². The van der Waals surface area contributed by atoms with Crippen molar-refractivity contribution in [3.8, 4) is 0 Å². The highest BCUT2D eigenvalue weighted by molar-refractivity contribution is 6.48. The Balaban J connectivity index is 1.76. The molecule has 2 saturated carbocycles. The molecule has 0 radical (unpaired) electrons. The zero-order valence-corrected chi connectivity index (χ0v) is 11.5. The minimum Gasteiger partial charge on any atom is -0.403 e. The fourth-order valence-corrected chi connectivity index (χ4v) is 3.62. The van der Waals surface area contributed by atoms with E-state index in [2.05, 4.69) is 27.7 Å². The van der Waals surface area contributed by atoms with E-state index in [-0.39, 0.29) is 18.3 Å². The number of rotatable bonds is 1. The lowest BCUT2D eigenvalue weighted by Crippen LogP contribution is -2.62. The quantitative estimate of drug-likeness (QED) is 0.712. The average molecular weight is 237 g/mol. The number of nitrogens with two attached hydrogens (primary N) is 1. The molecule has 3 aliphatic rings. The third-order valence-electron chi connectivity index (χ3n) is 5.87. The summed E-state index contributed by atoms with van der Waals surface area (Å²) in [6.45, 7) is 8.50. The molecule has 96 valence electrons. The van der Waals surface area contributed by atoms with Crippen LogP contribution in [-0.2, 0) is 9.31 Å². The molecule has 0 amide bonds. The molecule has 1 heterocycles. The molecule has 0 aromatic carbocycles. The molecule has 0 bridgehead atoms. The Labute approximate surface area is 105 Å². The lowest BCUT2D eigenvalue weighted by molar-refractivity contribution is -0.0134. The maximum atomic E-state index is 6.20. The summed E-state index contributed by atoms with van der Waals surface area (Å²) in [4.78, 5) is 0. The van der Waals surface area contributed by atoms with Crippen LogP contribution in [0.1, 0.15) is 53.4 Å². The van der Waals surface area contributed by atoms with Crippen molar-refractivity contribution in [2.45, 2.75) is 76.4 Å². The van der Waals surface area contributed by atoms with Crippen LogP contribution < -0.4 is 5.73 Å². The van der Waals surface area contributed by atoms with Crippen LogP contribution in [0.4, 0.5) is 0 Å². The summed E-state index contributed by atoms with van der Waals surface area (Å²) in [5.41, 5.74) is 6.14. The molecule has 2 unspecified atom stereocenters. The first-order chi connectivity index (χ1) is 7.79. The monoisotopic (exact) mass is 237 g/mol. The number of hydrogen-bond acceptors (Lipinski definition) is 3. The molecule has 2 atom stereocenters. The molecule has 0 aromatic heterocycles. The van der Waals surface area contributed by atoms with Gasteiger partial charge in [-0.15, -0.1) is 0 Å². The van der Waals surface area contributed by atoms with Crippen molar-refractivity contribution in [2.75, 3.05) is 0 Å². The first kappa shape index (κ1) is 12.0. The van der Waals surface area contributed by atoms with E-state index in [0.717, 1.165) is 6.42 Å². The highest BCUT2D eigenvalue weighted by atomic mass is 16.7. The van der Waals surface area contributed by atoms with Crippen LogP contribution in [-0.4, -0.2) is 24.4 Å². The van der Waals surface area contributed by atoms with E-state index in [4.69, 9.17) is 15.0 Å². The van der Waals surface area contributed by atoms with Gasteiger partial charge in [0.05, 0.1) is 11.2 Å². The van der Waals surface area contributed by atoms with Gasteiger partial charge in [0, 0.05) is 11.9 Å². The molecule has 3 nitrogen and oxygen atoms in total. The molecule has 4 heteroatoms. The van der Waals surface area contributed by atoms with Gasteiger partial charge < -0.3 is 15.0 Å². The van der Waals surface area contributed by atoms with E-state index in [1.165, 1.54) is 19.3 Å². The third kappa shape index (κ3) is 1.41. The zero-order chi connectivity index (χ0) is 12.5. The predicted molar refractivity (Wildman–Crippen MR) is 68.7 cm³/mol. The van der Waals surface area contributed by atoms with Crippen LogP contribution in [0.2, 0.25) is 5.82 Å². The molecule has 1 aliphatic heterocycles. The lowest BCUT2D eigenvalue weighted by Gasteiger charge is -2.60. The molecule has 3 rings (SSSR count). The van der Waals surface area contributed by atoms with Gasteiger partial charge in [-0.2, -0.15) is 0 Å². The first-order valence-corrected chi connectivity index (χ1v) is 6.90. The molecule has 17 heavy (non-hydrogen) atoms. The molecular weight excluding hydrogens is 213 g/mol. The van der Waals surface area contributed by atoms with Crippen LogP contribution >= 0.6 is 0 Å².